The Morgan fingerprint density at radius 2 is 2.46 bits per heavy atom. The lowest BCUT2D eigenvalue weighted by molar-refractivity contribution is 0.190. The van der Waals surface area contributed by atoms with Crippen molar-refractivity contribution in [1.82, 2.24) is 5.32 Å². The van der Waals surface area contributed by atoms with Crippen molar-refractivity contribution in [3.63, 3.8) is 0 Å². The zero-order valence-corrected chi connectivity index (χ0v) is 7.42. The van der Waals surface area contributed by atoms with E-state index in [2.05, 4.69) is 5.32 Å². The summed E-state index contributed by atoms with van der Waals surface area (Å²) in [6, 6.07) is 0. The van der Waals surface area contributed by atoms with Gasteiger partial charge in [-0.3, -0.25) is 0 Å². The van der Waals surface area contributed by atoms with Crippen molar-refractivity contribution >= 4 is 5.71 Å². The average Bonchev–Trinajstić information content (AvgIpc) is 2.12. The highest BCUT2D eigenvalue weighted by Crippen LogP contribution is 2.24. The van der Waals surface area contributed by atoms with Crippen molar-refractivity contribution in [3.05, 3.63) is 23.9 Å². The number of aliphatic hydroxyl groups excluding tert-OH is 1. The number of nitrogens with one attached hydrogen (secondary N) is 2. The van der Waals surface area contributed by atoms with Crippen LogP contribution in [0.5, 0.6) is 0 Å². The van der Waals surface area contributed by atoms with Crippen LogP contribution in [0.1, 0.15) is 0 Å². The van der Waals surface area contributed by atoms with Crippen LogP contribution in [0.25, 0.3) is 0 Å². The van der Waals surface area contributed by atoms with Crippen molar-refractivity contribution in [1.29, 1.82) is 5.41 Å². The first-order chi connectivity index (χ1) is 6.20. The van der Waals surface area contributed by atoms with Crippen molar-refractivity contribution < 1.29 is 9.50 Å². The first-order valence-corrected chi connectivity index (χ1v) is 4.10. The molecule has 0 aliphatic heterocycles. The molecule has 2 atom stereocenters. The molecule has 0 bridgehead atoms. The van der Waals surface area contributed by atoms with E-state index < -0.39 is 12.1 Å². The topological polar surface area (TPSA) is 56.1 Å². The van der Waals surface area contributed by atoms with Crippen LogP contribution in [0.15, 0.2) is 23.9 Å². The number of halogens is 1. The van der Waals surface area contributed by atoms with E-state index in [-0.39, 0.29) is 12.3 Å². The molecule has 0 heterocycles. The quantitative estimate of drug-likeness (QED) is 0.589. The summed E-state index contributed by atoms with van der Waals surface area (Å²) in [6.07, 6.45) is 3.08. The summed E-state index contributed by atoms with van der Waals surface area (Å²) in [5, 5.41) is 19.2. The molecule has 4 heteroatoms. The van der Waals surface area contributed by atoms with Crippen molar-refractivity contribution in [3.8, 4) is 0 Å². The van der Waals surface area contributed by atoms with Gasteiger partial charge in [0.25, 0.3) is 0 Å². The zero-order chi connectivity index (χ0) is 9.84. The highest BCUT2D eigenvalue weighted by molar-refractivity contribution is 6.07. The summed E-state index contributed by atoms with van der Waals surface area (Å²) in [4.78, 5) is 0. The second-order valence-corrected chi connectivity index (χ2v) is 2.89. The van der Waals surface area contributed by atoms with Gasteiger partial charge in [-0.1, -0.05) is 0 Å². The van der Waals surface area contributed by atoms with E-state index in [0.29, 0.717) is 5.57 Å². The number of rotatable bonds is 2. The predicted octanol–water partition coefficient (Wildman–Crippen LogP) is 0.626. The summed E-state index contributed by atoms with van der Waals surface area (Å²) < 4.78 is 13.2. The Morgan fingerprint density at radius 1 is 1.77 bits per heavy atom. The van der Waals surface area contributed by atoms with Crippen molar-refractivity contribution in [2.45, 2.75) is 6.17 Å². The zero-order valence-electron chi connectivity index (χ0n) is 7.42. The van der Waals surface area contributed by atoms with Crippen LogP contribution in [0.4, 0.5) is 4.39 Å². The smallest absolute Gasteiger partial charge is 0.128 e. The number of hydrogen-bond acceptors (Lipinski definition) is 3. The minimum Gasteiger partial charge on any atom is -0.396 e. The molecule has 0 aromatic carbocycles. The van der Waals surface area contributed by atoms with E-state index in [1.54, 1.807) is 13.2 Å². The SMILES string of the molecule is CN/C=C1\C(=N)C=CC(F)C1CO. The Kier molecular flexibility index (Phi) is 3.19. The summed E-state index contributed by atoms with van der Waals surface area (Å²) in [7, 11) is 1.68. The van der Waals surface area contributed by atoms with Crippen LogP contribution in [0.3, 0.4) is 0 Å². The van der Waals surface area contributed by atoms with E-state index in [1.165, 1.54) is 12.2 Å². The minimum absolute atomic E-state index is 0.252. The second kappa shape index (κ2) is 4.18. The molecule has 0 aromatic rings. The standard InChI is InChI=1S/C9H13FN2O/c1-12-4-6-7(5-13)8(10)2-3-9(6)11/h2-4,7-8,11-13H,5H2,1H3/b6-4-,11-9?. The Balaban J connectivity index is 2.95. The molecule has 0 aromatic heterocycles. The van der Waals surface area contributed by atoms with E-state index in [4.69, 9.17) is 10.5 Å². The van der Waals surface area contributed by atoms with Gasteiger partial charge in [0.15, 0.2) is 0 Å². The van der Waals surface area contributed by atoms with Gasteiger partial charge >= 0.3 is 0 Å². The summed E-state index contributed by atoms with van der Waals surface area (Å²) in [6.45, 7) is -0.276. The number of aliphatic hydroxyl groups is 1. The summed E-state index contributed by atoms with van der Waals surface area (Å²) in [5.74, 6) is -0.607. The monoisotopic (exact) mass is 184 g/mol. The fourth-order valence-electron chi connectivity index (χ4n) is 1.33. The molecule has 0 saturated carbocycles. The van der Waals surface area contributed by atoms with Gasteiger partial charge < -0.3 is 15.8 Å². The van der Waals surface area contributed by atoms with Crippen LogP contribution in [0.2, 0.25) is 0 Å². The van der Waals surface area contributed by atoms with Gasteiger partial charge in [0.2, 0.25) is 0 Å². The first kappa shape index (κ1) is 9.92. The van der Waals surface area contributed by atoms with Gasteiger partial charge in [-0.05, 0) is 12.2 Å². The Hall–Kier alpha value is -1.16. The van der Waals surface area contributed by atoms with Gasteiger partial charge in [0.1, 0.15) is 6.17 Å². The largest absolute Gasteiger partial charge is 0.396 e. The van der Waals surface area contributed by atoms with Crippen LogP contribution in [0, 0.1) is 11.3 Å². The van der Waals surface area contributed by atoms with E-state index in [9.17, 15) is 4.39 Å². The van der Waals surface area contributed by atoms with Crippen molar-refractivity contribution in [2.75, 3.05) is 13.7 Å². The van der Waals surface area contributed by atoms with E-state index in [1.807, 2.05) is 0 Å². The van der Waals surface area contributed by atoms with Gasteiger partial charge in [0.05, 0.1) is 12.3 Å². The lowest BCUT2D eigenvalue weighted by Crippen LogP contribution is -2.28. The fourth-order valence-corrected chi connectivity index (χ4v) is 1.33. The molecule has 2 unspecified atom stereocenters. The Bertz CT molecular complexity index is 260. The average molecular weight is 184 g/mol. The maximum Gasteiger partial charge on any atom is 0.128 e. The molecule has 72 valence electrons. The number of allylic oxidation sites excluding steroid dienone is 2. The van der Waals surface area contributed by atoms with Gasteiger partial charge in [-0.25, -0.2) is 4.39 Å². The Labute approximate surface area is 76.5 Å². The molecule has 3 N–H and O–H groups in total. The van der Waals surface area contributed by atoms with Crippen LogP contribution in [-0.2, 0) is 0 Å². The van der Waals surface area contributed by atoms with E-state index >= 15 is 0 Å². The molecule has 13 heavy (non-hydrogen) atoms. The fraction of sp³-hybridized carbons (Fsp3) is 0.444. The first-order valence-electron chi connectivity index (χ1n) is 4.10. The van der Waals surface area contributed by atoms with Crippen LogP contribution in [-0.4, -0.2) is 30.6 Å². The summed E-state index contributed by atoms with van der Waals surface area (Å²) >= 11 is 0. The van der Waals surface area contributed by atoms with Crippen LogP contribution >= 0.6 is 0 Å². The molecule has 1 rings (SSSR count). The molecular formula is C9H13FN2O. The molecule has 1 aliphatic carbocycles. The molecule has 0 spiro atoms. The molecule has 1 aliphatic rings. The molecule has 0 amide bonds. The third kappa shape index (κ3) is 1.95. The minimum atomic E-state index is -1.20. The van der Waals surface area contributed by atoms with Gasteiger partial charge in [0, 0.05) is 24.7 Å². The molecule has 0 fully saturated rings. The molecular weight excluding hydrogens is 171 g/mol. The lowest BCUT2D eigenvalue weighted by Gasteiger charge is -2.23. The lowest BCUT2D eigenvalue weighted by atomic mass is 9.87. The molecule has 3 nitrogen and oxygen atoms in total. The van der Waals surface area contributed by atoms with Crippen LogP contribution < -0.4 is 5.32 Å². The second-order valence-electron chi connectivity index (χ2n) is 2.89. The maximum atomic E-state index is 13.2. The highest BCUT2D eigenvalue weighted by Gasteiger charge is 2.27. The molecule has 0 saturated heterocycles. The Morgan fingerprint density at radius 3 is 3.00 bits per heavy atom. The highest BCUT2D eigenvalue weighted by atomic mass is 19.1. The third-order valence-corrected chi connectivity index (χ3v) is 2.04. The van der Waals surface area contributed by atoms with E-state index in [0.717, 1.165) is 0 Å². The number of alkyl halides is 1. The predicted molar refractivity (Wildman–Crippen MR) is 49.5 cm³/mol. The van der Waals surface area contributed by atoms with Gasteiger partial charge in [-0.2, -0.15) is 0 Å². The maximum absolute atomic E-state index is 13.2. The third-order valence-electron chi connectivity index (χ3n) is 2.04. The number of hydrogen-bond donors (Lipinski definition) is 3. The van der Waals surface area contributed by atoms with Gasteiger partial charge in [-0.15, -0.1) is 0 Å². The molecule has 0 radical (unpaired) electrons. The van der Waals surface area contributed by atoms with Crippen molar-refractivity contribution in [2.24, 2.45) is 5.92 Å². The normalized spacial score (nSPS) is 31.0. The summed E-state index contributed by atoms with van der Waals surface area (Å²) in [5.41, 5.74) is 0.766.